The molecule has 0 saturated heterocycles. The number of hydrogen-bond donors (Lipinski definition) is 4. The summed E-state index contributed by atoms with van der Waals surface area (Å²) in [6, 6.07) is 2.84. The van der Waals surface area contributed by atoms with Gasteiger partial charge >= 0.3 is 12.0 Å². The van der Waals surface area contributed by atoms with Crippen LogP contribution in [0.2, 0.25) is 0 Å². The molecule has 2 aromatic heterocycles. The first kappa shape index (κ1) is 18.9. The van der Waals surface area contributed by atoms with Crippen LogP contribution in [0.15, 0.2) is 29.3 Å². The maximum atomic E-state index is 11.7. The molecule has 0 radical (unpaired) electrons. The highest BCUT2D eigenvalue weighted by Gasteiger charge is 2.10. The van der Waals surface area contributed by atoms with E-state index in [2.05, 4.69) is 21.0 Å². The van der Waals surface area contributed by atoms with Gasteiger partial charge in [0.15, 0.2) is 0 Å². The number of carbonyl (C=O) groups is 2. The van der Waals surface area contributed by atoms with Crippen molar-refractivity contribution in [3.8, 4) is 11.1 Å². The molecule has 128 valence electrons. The Bertz CT molecular complexity index is 799. The molecule has 2 rings (SSSR count). The van der Waals surface area contributed by atoms with Crippen molar-refractivity contribution in [1.82, 2.24) is 15.3 Å². The summed E-state index contributed by atoms with van der Waals surface area (Å²) in [5.41, 5.74) is 7.41. The van der Waals surface area contributed by atoms with E-state index in [-0.39, 0.29) is 11.1 Å². The fourth-order valence-electron chi connectivity index (χ4n) is 1.93. The number of carboxylic acid groups (broad SMARTS) is 1. The van der Waals surface area contributed by atoms with Crippen molar-refractivity contribution in [2.75, 3.05) is 7.05 Å². The number of aryl methyl sites for hydroxylation is 2. The second-order valence-electron chi connectivity index (χ2n) is 4.90. The number of nitrogens with two attached hydrogens (primary N) is 1. The third-order valence-corrected chi connectivity index (χ3v) is 3.24. The fourth-order valence-corrected chi connectivity index (χ4v) is 1.93. The lowest BCUT2D eigenvalue weighted by Gasteiger charge is -2.08. The number of nitrogens with one attached hydrogen (secondary N) is 2. The summed E-state index contributed by atoms with van der Waals surface area (Å²) in [4.78, 5) is 38.8. The van der Waals surface area contributed by atoms with Crippen LogP contribution >= 0.6 is 0 Å². The van der Waals surface area contributed by atoms with Crippen molar-refractivity contribution in [2.24, 2.45) is 5.73 Å². The maximum Gasteiger partial charge on any atom is 0.337 e. The quantitative estimate of drug-likeness (QED) is 0.671. The smallest absolute Gasteiger partial charge is 0.337 e. The van der Waals surface area contributed by atoms with Crippen LogP contribution in [0, 0.1) is 6.92 Å². The van der Waals surface area contributed by atoms with Crippen LogP contribution in [-0.2, 0) is 6.42 Å². The molecule has 0 atom stereocenters. The van der Waals surface area contributed by atoms with Crippen LogP contribution in [0.4, 0.5) is 4.79 Å². The lowest BCUT2D eigenvalue weighted by molar-refractivity contribution is 0.0696. The second-order valence-corrected chi connectivity index (χ2v) is 4.90. The monoisotopic (exact) mass is 332 g/mol. The molecule has 0 aliphatic carbocycles. The first-order valence-electron chi connectivity index (χ1n) is 7.18. The van der Waals surface area contributed by atoms with Gasteiger partial charge in [-0.25, -0.2) is 9.59 Å². The van der Waals surface area contributed by atoms with Crippen molar-refractivity contribution in [3.05, 3.63) is 51.7 Å². The average molecular weight is 332 g/mol. The molecule has 8 heteroatoms. The zero-order chi connectivity index (χ0) is 18.3. The molecule has 0 saturated carbocycles. The topological polar surface area (TPSA) is 138 Å². The lowest BCUT2D eigenvalue weighted by Crippen LogP contribution is -2.24. The van der Waals surface area contributed by atoms with Crippen molar-refractivity contribution in [3.63, 3.8) is 0 Å². The standard InChI is InChI=1S/C14H14N2O3.C2H6N2O/c1-3-9-5-12(8(2)16-13(9)17)10-4-11(14(18)19)7-15-6-10;1-4-2(3)5/h4-7H,3H2,1-2H3,(H,16,17)(H,18,19);1H3,(H3,3,4,5). The number of amides is 2. The molecule has 0 aliphatic rings. The van der Waals surface area contributed by atoms with E-state index in [1.54, 1.807) is 25.3 Å². The molecule has 0 fully saturated rings. The Morgan fingerprint density at radius 1 is 1.33 bits per heavy atom. The summed E-state index contributed by atoms with van der Waals surface area (Å²) in [6.45, 7) is 3.68. The van der Waals surface area contributed by atoms with E-state index in [4.69, 9.17) is 5.11 Å². The first-order chi connectivity index (χ1) is 11.3. The van der Waals surface area contributed by atoms with Gasteiger partial charge in [0.25, 0.3) is 5.56 Å². The SMILES string of the molecule is CCc1cc(-c2cncc(C(=O)O)c2)c(C)[nH]c1=O.CNC(N)=O. The molecule has 0 unspecified atom stereocenters. The van der Waals surface area contributed by atoms with Gasteiger partial charge in [-0.15, -0.1) is 0 Å². The second kappa shape index (κ2) is 8.47. The third kappa shape index (κ3) is 4.94. The number of carboxylic acids is 1. The fraction of sp³-hybridized carbons (Fsp3) is 0.250. The number of aromatic carboxylic acids is 1. The Balaban J connectivity index is 0.000000505. The molecular formula is C16H20N4O4. The Labute approximate surface area is 138 Å². The highest BCUT2D eigenvalue weighted by atomic mass is 16.4. The number of aromatic nitrogens is 2. The van der Waals surface area contributed by atoms with E-state index in [9.17, 15) is 14.4 Å². The van der Waals surface area contributed by atoms with Gasteiger partial charge in [0.05, 0.1) is 5.56 Å². The Kier molecular flexibility index (Phi) is 6.66. The zero-order valence-corrected chi connectivity index (χ0v) is 13.7. The van der Waals surface area contributed by atoms with E-state index in [1.165, 1.54) is 13.2 Å². The predicted octanol–water partition coefficient (Wildman–Crippen LogP) is 1.29. The van der Waals surface area contributed by atoms with Crippen LogP contribution in [0.3, 0.4) is 0 Å². The minimum atomic E-state index is -1.02. The number of rotatable bonds is 3. The Hall–Kier alpha value is -3.16. The summed E-state index contributed by atoms with van der Waals surface area (Å²) in [5.74, 6) is -1.02. The first-order valence-corrected chi connectivity index (χ1v) is 7.18. The van der Waals surface area contributed by atoms with Gasteiger partial charge < -0.3 is 21.1 Å². The molecule has 0 spiro atoms. The number of H-pyrrole nitrogens is 1. The zero-order valence-electron chi connectivity index (χ0n) is 13.7. The molecule has 2 heterocycles. The lowest BCUT2D eigenvalue weighted by atomic mass is 10.0. The predicted molar refractivity (Wildman–Crippen MR) is 90.0 cm³/mol. The van der Waals surface area contributed by atoms with Crippen molar-refractivity contribution in [2.45, 2.75) is 20.3 Å². The summed E-state index contributed by atoms with van der Waals surface area (Å²) >= 11 is 0. The number of carbonyl (C=O) groups excluding carboxylic acids is 1. The largest absolute Gasteiger partial charge is 0.478 e. The molecule has 2 aromatic rings. The molecule has 8 nitrogen and oxygen atoms in total. The van der Waals surface area contributed by atoms with Gasteiger partial charge in [0, 0.05) is 41.8 Å². The van der Waals surface area contributed by atoms with E-state index in [0.717, 1.165) is 5.56 Å². The summed E-state index contributed by atoms with van der Waals surface area (Å²) in [7, 11) is 1.47. The summed E-state index contributed by atoms with van der Waals surface area (Å²) in [5, 5.41) is 11.1. The van der Waals surface area contributed by atoms with Crippen LogP contribution < -0.4 is 16.6 Å². The van der Waals surface area contributed by atoms with Crippen LogP contribution in [0.25, 0.3) is 11.1 Å². The molecule has 5 N–H and O–H groups in total. The normalized spacial score (nSPS) is 9.62. The third-order valence-electron chi connectivity index (χ3n) is 3.24. The summed E-state index contributed by atoms with van der Waals surface area (Å²) in [6.07, 6.45) is 3.51. The van der Waals surface area contributed by atoms with E-state index < -0.39 is 12.0 Å². The minimum absolute atomic E-state index is 0.105. The Morgan fingerprint density at radius 3 is 2.46 bits per heavy atom. The number of hydrogen-bond acceptors (Lipinski definition) is 4. The maximum absolute atomic E-state index is 11.7. The number of urea groups is 1. The van der Waals surface area contributed by atoms with Gasteiger partial charge in [-0.05, 0) is 25.5 Å². The molecule has 0 bridgehead atoms. The summed E-state index contributed by atoms with van der Waals surface area (Å²) < 4.78 is 0. The molecule has 0 aliphatic heterocycles. The van der Waals surface area contributed by atoms with Crippen LogP contribution in [0.5, 0.6) is 0 Å². The van der Waals surface area contributed by atoms with E-state index in [1.807, 2.05) is 6.92 Å². The minimum Gasteiger partial charge on any atom is -0.478 e. The molecule has 2 amide bonds. The molecule has 0 aromatic carbocycles. The van der Waals surface area contributed by atoms with Crippen molar-refractivity contribution in [1.29, 1.82) is 0 Å². The van der Waals surface area contributed by atoms with E-state index in [0.29, 0.717) is 23.2 Å². The highest BCUT2D eigenvalue weighted by Crippen LogP contribution is 2.22. The van der Waals surface area contributed by atoms with Gasteiger partial charge in [0.2, 0.25) is 0 Å². The van der Waals surface area contributed by atoms with E-state index >= 15 is 0 Å². The molecular weight excluding hydrogens is 312 g/mol. The number of primary amides is 1. The van der Waals surface area contributed by atoms with Crippen molar-refractivity contribution < 1.29 is 14.7 Å². The Morgan fingerprint density at radius 2 is 1.96 bits per heavy atom. The molecule has 24 heavy (non-hydrogen) atoms. The number of aromatic amines is 1. The number of pyridine rings is 2. The van der Waals surface area contributed by atoms with Gasteiger partial charge in [-0.3, -0.25) is 9.78 Å². The highest BCUT2D eigenvalue weighted by molar-refractivity contribution is 5.89. The van der Waals surface area contributed by atoms with Crippen molar-refractivity contribution >= 4 is 12.0 Å². The van der Waals surface area contributed by atoms with Crippen LogP contribution in [0.1, 0.15) is 28.5 Å². The van der Waals surface area contributed by atoms with Gasteiger partial charge in [0.1, 0.15) is 0 Å². The van der Waals surface area contributed by atoms with Gasteiger partial charge in [-0.1, -0.05) is 6.92 Å². The van der Waals surface area contributed by atoms with Gasteiger partial charge in [-0.2, -0.15) is 0 Å². The van der Waals surface area contributed by atoms with Crippen LogP contribution in [-0.4, -0.2) is 34.1 Å². The number of nitrogens with zero attached hydrogens (tertiary/aromatic N) is 1. The average Bonchev–Trinajstić information content (AvgIpc) is 2.55.